The summed E-state index contributed by atoms with van der Waals surface area (Å²) in [5, 5.41) is 0. The first-order valence-electron chi connectivity index (χ1n) is 4.69. The number of amides is 1. The molecule has 0 saturated carbocycles. The van der Waals surface area contributed by atoms with E-state index in [0.29, 0.717) is 0 Å². The fraction of sp³-hybridized carbons (Fsp3) is 0.400. The molecule has 0 N–H and O–H groups in total. The molecule has 0 aromatic carbocycles. The Morgan fingerprint density at radius 1 is 1.21 bits per heavy atom. The van der Waals surface area contributed by atoms with Crippen LogP contribution in [0.1, 0.15) is 0 Å². The number of anilines is 1. The zero-order valence-corrected chi connectivity index (χ0v) is 7.89. The smallest absolute Gasteiger partial charge is 0.312 e. The molecule has 0 unspecified atom stereocenters. The predicted octanol–water partition coefficient (Wildman–Crippen LogP) is 0.271. The Bertz CT molecular complexity index is 293. The topological polar surface area (TPSA) is 36.4 Å². The Balaban J connectivity index is 1.99. The molecular weight excluding hydrogens is 178 g/mol. The van der Waals surface area contributed by atoms with Crippen molar-refractivity contribution in [3.63, 3.8) is 0 Å². The van der Waals surface area contributed by atoms with Gasteiger partial charge in [0.15, 0.2) is 0 Å². The van der Waals surface area contributed by atoms with Gasteiger partial charge in [0, 0.05) is 32.4 Å². The van der Waals surface area contributed by atoms with Gasteiger partial charge in [-0.25, -0.2) is 4.98 Å². The maximum absolute atomic E-state index is 10.4. The van der Waals surface area contributed by atoms with Crippen LogP contribution in [-0.2, 0) is 4.79 Å². The van der Waals surface area contributed by atoms with Crippen LogP contribution in [0.5, 0.6) is 0 Å². The van der Waals surface area contributed by atoms with Crippen molar-refractivity contribution in [1.82, 2.24) is 9.88 Å². The van der Waals surface area contributed by atoms with Crippen molar-refractivity contribution in [2.75, 3.05) is 31.1 Å². The average Bonchev–Trinajstić information content (AvgIpc) is 2.30. The standard InChI is InChI=1S/C10H12N3O/c14-9-12-5-7-13(8-6-12)10-3-1-2-4-11-10/h1-4H,5-8H2. The highest BCUT2D eigenvalue weighted by Crippen LogP contribution is 2.11. The summed E-state index contributed by atoms with van der Waals surface area (Å²) in [6.07, 6.45) is 3.70. The maximum atomic E-state index is 10.4. The number of hydrogen-bond donors (Lipinski definition) is 0. The molecule has 1 aliphatic rings. The minimum atomic E-state index is 0.736. The molecule has 1 radical (unpaired) electrons. The van der Waals surface area contributed by atoms with Crippen molar-refractivity contribution in [2.45, 2.75) is 0 Å². The van der Waals surface area contributed by atoms with Crippen LogP contribution in [0.4, 0.5) is 5.82 Å². The minimum absolute atomic E-state index is 0.736. The second-order valence-corrected chi connectivity index (χ2v) is 3.25. The predicted molar refractivity (Wildman–Crippen MR) is 53.7 cm³/mol. The first-order chi connectivity index (χ1) is 6.90. The molecule has 1 amide bonds. The van der Waals surface area contributed by atoms with Crippen LogP contribution >= 0.6 is 0 Å². The highest BCUT2D eigenvalue weighted by atomic mass is 16.1. The first-order valence-corrected chi connectivity index (χ1v) is 4.69. The minimum Gasteiger partial charge on any atom is -0.353 e. The molecule has 4 heteroatoms. The van der Waals surface area contributed by atoms with Crippen molar-refractivity contribution in [3.05, 3.63) is 24.4 Å². The van der Waals surface area contributed by atoms with Crippen LogP contribution in [0, 0.1) is 0 Å². The van der Waals surface area contributed by atoms with Gasteiger partial charge in [-0.15, -0.1) is 0 Å². The first kappa shape index (κ1) is 8.99. The molecular formula is C10H12N3O. The molecule has 1 saturated heterocycles. The summed E-state index contributed by atoms with van der Waals surface area (Å²) in [7, 11) is 0. The van der Waals surface area contributed by atoms with E-state index in [1.807, 2.05) is 24.6 Å². The van der Waals surface area contributed by atoms with E-state index in [1.165, 1.54) is 0 Å². The Morgan fingerprint density at radius 3 is 2.57 bits per heavy atom. The second-order valence-electron chi connectivity index (χ2n) is 3.25. The fourth-order valence-electron chi connectivity index (χ4n) is 1.57. The van der Waals surface area contributed by atoms with E-state index >= 15 is 0 Å². The number of nitrogens with zero attached hydrogens (tertiary/aromatic N) is 3. The fourth-order valence-corrected chi connectivity index (χ4v) is 1.57. The summed E-state index contributed by atoms with van der Waals surface area (Å²) in [4.78, 5) is 18.5. The average molecular weight is 190 g/mol. The Labute approximate surface area is 83.2 Å². The van der Waals surface area contributed by atoms with Crippen LogP contribution in [-0.4, -0.2) is 42.5 Å². The summed E-state index contributed by atoms with van der Waals surface area (Å²) in [5.41, 5.74) is 0. The number of hydrogen-bond acceptors (Lipinski definition) is 3. The van der Waals surface area contributed by atoms with E-state index in [9.17, 15) is 4.79 Å². The highest BCUT2D eigenvalue weighted by Gasteiger charge is 2.16. The van der Waals surface area contributed by atoms with E-state index in [0.717, 1.165) is 32.0 Å². The third-order valence-corrected chi connectivity index (χ3v) is 2.38. The van der Waals surface area contributed by atoms with Gasteiger partial charge in [0.05, 0.1) is 0 Å². The molecule has 0 aliphatic carbocycles. The van der Waals surface area contributed by atoms with Crippen molar-refractivity contribution >= 4 is 12.2 Å². The van der Waals surface area contributed by atoms with Crippen LogP contribution in [0.25, 0.3) is 0 Å². The van der Waals surface area contributed by atoms with E-state index < -0.39 is 0 Å². The van der Waals surface area contributed by atoms with Crippen molar-refractivity contribution in [1.29, 1.82) is 0 Å². The van der Waals surface area contributed by atoms with Crippen LogP contribution < -0.4 is 4.90 Å². The third kappa shape index (κ3) is 1.84. The van der Waals surface area contributed by atoms with Crippen molar-refractivity contribution in [3.8, 4) is 0 Å². The van der Waals surface area contributed by atoms with E-state index in [2.05, 4.69) is 9.88 Å². The molecule has 0 bridgehead atoms. The number of aromatic nitrogens is 1. The molecule has 0 atom stereocenters. The molecule has 73 valence electrons. The molecule has 1 aliphatic heterocycles. The van der Waals surface area contributed by atoms with Gasteiger partial charge in [-0.05, 0) is 12.1 Å². The van der Waals surface area contributed by atoms with E-state index in [1.54, 1.807) is 11.1 Å². The normalized spacial score (nSPS) is 16.9. The summed E-state index contributed by atoms with van der Waals surface area (Å²) >= 11 is 0. The largest absolute Gasteiger partial charge is 0.353 e. The quantitative estimate of drug-likeness (QED) is 0.671. The van der Waals surface area contributed by atoms with Gasteiger partial charge in [-0.1, -0.05) is 6.07 Å². The summed E-state index contributed by atoms with van der Waals surface area (Å²) in [5.74, 6) is 0.984. The number of rotatable bonds is 2. The molecule has 2 rings (SSSR count). The number of pyridine rings is 1. The Morgan fingerprint density at radius 2 is 2.00 bits per heavy atom. The zero-order chi connectivity index (χ0) is 9.80. The van der Waals surface area contributed by atoms with Crippen LogP contribution in [0.15, 0.2) is 24.4 Å². The van der Waals surface area contributed by atoms with Crippen LogP contribution in [0.3, 0.4) is 0 Å². The lowest BCUT2D eigenvalue weighted by Gasteiger charge is -2.32. The van der Waals surface area contributed by atoms with Gasteiger partial charge in [-0.3, -0.25) is 4.79 Å². The Kier molecular flexibility index (Phi) is 2.62. The molecule has 1 aromatic heterocycles. The molecule has 1 fully saturated rings. The molecule has 1 aromatic rings. The molecule has 0 spiro atoms. The van der Waals surface area contributed by atoms with E-state index in [-0.39, 0.29) is 0 Å². The molecule has 4 nitrogen and oxygen atoms in total. The highest BCUT2D eigenvalue weighted by molar-refractivity contribution is 5.49. The lowest BCUT2D eigenvalue weighted by molar-refractivity contribution is 0.356. The monoisotopic (exact) mass is 190 g/mol. The SMILES string of the molecule is O=[C]N1CCN(c2ccccn2)CC1. The van der Waals surface area contributed by atoms with Crippen molar-refractivity contribution < 1.29 is 4.79 Å². The van der Waals surface area contributed by atoms with Gasteiger partial charge < -0.3 is 9.80 Å². The van der Waals surface area contributed by atoms with Crippen LogP contribution in [0.2, 0.25) is 0 Å². The van der Waals surface area contributed by atoms with Gasteiger partial charge >= 0.3 is 6.41 Å². The lowest BCUT2D eigenvalue weighted by atomic mass is 10.3. The number of carbonyl (C=O) groups excluding carboxylic acids is 1. The lowest BCUT2D eigenvalue weighted by Crippen LogP contribution is -2.45. The van der Waals surface area contributed by atoms with E-state index in [4.69, 9.17) is 0 Å². The summed E-state index contributed by atoms with van der Waals surface area (Å²) < 4.78 is 0. The molecule has 2 heterocycles. The second kappa shape index (κ2) is 4.09. The van der Waals surface area contributed by atoms with Gasteiger partial charge in [0.1, 0.15) is 5.82 Å². The number of piperazine rings is 1. The van der Waals surface area contributed by atoms with Gasteiger partial charge in [0.25, 0.3) is 0 Å². The zero-order valence-electron chi connectivity index (χ0n) is 7.89. The summed E-state index contributed by atoms with van der Waals surface area (Å²) in [6.45, 7) is 3.15. The summed E-state index contributed by atoms with van der Waals surface area (Å²) in [6, 6.07) is 5.86. The van der Waals surface area contributed by atoms with Crippen molar-refractivity contribution in [2.24, 2.45) is 0 Å². The van der Waals surface area contributed by atoms with Gasteiger partial charge in [-0.2, -0.15) is 0 Å². The van der Waals surface area contributed by atoms with Gasteiger partial charge in [0.2, 0.25) is 0 Å². The third-order valence-electron chi connectivity index (χ3n) is 2.38. The Hall–Kier alpha value is -1.58. The molecule has 14 heavy (non-hydrogen) atoms. The maximum Gasteiger partial charge on any atom is 0.312 e.